The SMILES string of the molecule is CCc1ccc(NC(=O)[C@H]2Cc3cc(F)ccc3CN2)cc1. The Kier molecular flexibility index (Phi) is 4.20. The molecular weight excluding hydrogens is 279 g/mol. The molecule has 3 rings (SSSR count). The van der Waals surface area contributed by atoms with Gasteiger partial charge in [-0.3, -0.25) is 4.79 Å². The van der Waals surface area contributed by atoms with Gasteiger partial charge in [0.15, 0.2) is 0 Å². The third-order valence-corrected chi connectivity index (χ3v) is 4.08. The zero-order valence-corrected chi connectivity index (χ0v) is 12.5. The van der Waals surface area contributed by atoms with Crippen molar-refractivity contribution in [3.05, 3.63) is 65.0 Å². The summed E-state index contributed by atoms with van der Waals surface area (Å²) in [5.41, 5.74) is 3.98. The first-order valence-corrected chi connectivity index (χ1v) is 7.56. The van der Waals surface area contributed by atoms with E-state index in [0.717, 1.165) is 23.2 Å². The maximum Gasteiger partial charge on any atom is 0.241 e. The molecule has 0 fully saturated rings. The standard InChI is InChI=1S/C18H19FN2O/c1-2-12-3-7-16(8-4-12)21-18(22)17-10-14-9-15(19)6-5-13(14)11-20-17/h3-9,17,20H,2,10-11H2,1H3,(H,21,22)/t17-/m1/s1. The van der Waals surface area contributed by atoms with Crippen LogP contribution >= 0.6 is 0 Å². The smallest absolute Gasteiger partial charge is 0.241 e. The minimum atomic E-state index is -0.333. The van der Waals surface area contributed by atoms with Gasteiger partial charge in [-0.25, -0.2) is 4.39 Å². The fourth-order valence-electron chi connectivity index (χ4n) is 2.72. The molecule has 0 unspecified atom stereocenters. The van der Waals surface area contributed by atoms with Crippen LogP contribution in [0.5, 0.6) is 0 Å². The molecule has 2 aromatic rings. The Labute approximate surface area is 129 Å². The number of hydrogen-bond donors (Lipinski definition) is 2. The fourth-order valence-corrected chi connectivity index (χ4v) is 2.72. The molecule has 114 valence electrons. The van der Waals surface area contributed by atoms with E-state index in [1.54, 1.807) is 6.07 Å². The van der Waals surface area contributed by atoms with E-state index in [4.69, 9.17) is 0 Å². The second-order valence-electron chi connectivity index (χ2n) is 5.59. The number of aryl methyl sites for hydroxylation is 1. The van der Waals surface area contributed by atoms with Crippen molar-refractivity contribution < 1.29 is 9.18 Å². The lowest BCUT2D eigenvalue weighted by atomic mass is 9.95. The van der Waals surface area contributed by atoms with Gasteiger partial charge >= 0.3 is 0 Å². The first kappa shape index (κ1) is 14.7. The topological polar surface area (TPSA) is 41.1 Å². The molecule has 1 aliphatic heterocycles. The van der Waals surface area contributed by atoms with Gasteiger partial charge in [0.05, 0.1) is 6.04 Å². The van der Waals surface area contributed by atoms with E-state index in [-0.39, 0.29) is 17.8 Å². The van der Waals surface area contributed by atoms with Gasteiger partial charge in [-0.1, -0.05) is 25.1 Å². The molecule has 2 N–H and O–H groups in total. The van der Waals surface area contributed by atoms with E-state index in [2.05, 4.69) is 17.6 Å². The Balaban J connectivity index is 1.68. The van der Waals surface area contributed by atoms with Crippen molar-refractivity contribution in [2.75, 3.05) is 5.32 Å². The third kappa shape index (κ3) is 3.17. The van der Waals surface area contributed by atoms with E-state index in [1.165, 1.54) is 17.7 Å². The normalized spacial score (nSPS) is 16.9. The average Bonchev–Trinajstić information content (AvgIpc) is 2.54. The number of hydrogen-bond acceptors (Lipinski definition) is 2. The van der Waals surface area contributed by atoms with Crippen LogP contribution in [-0.2, 0) is 24.2 Å². The van der Waals surface area contributed by atoms with Crippen molar-refractivity contribution >= 4 is 11.6 Å². The number of anilines is 1. The predicted octanol–water partition coefficient (Wildman–Crippen LogP) is 3.04. The van der Waals surface area contributed by atoms with Crippen LogP contribution in [-0.4, -0.2) is 11.9 Å². The van der Waals surface area contributed by atoms with Crippen molar-refractivity contribution in [3.63, 3.8) is 0 Å². The molecule has 3 nitrogen and oxygen atoms in total. The van der Waals surface area contributed by atoms with Gasteiger partial charge in [0, 0.05) is 12.2 Å². The second kappa shape index (κ2) is 6.28. The van der Waals surface area contributed by atoms with E-state index in [9.17, 15) is 9.18 Å². The largest absolute Gasteiger partial charge is 0.325 e. The van der Waals surface area contributed by atoms with Crippen molar-refractivity contribution in [3.8, 4) is 0 Å². The first-order chi connectivity index (χ1) is 10.7. The van der Waals surface area contributed by atoms with Crippen LogP contribution in [0.3, 0.4) is 0 Å². The summed E-state index contributed by atoms with van der Waals surface area (Å²) in [6.45, 7) is 2.68. The summed E-state index contributed by atoms with van der Waals surface area (Å²) in [7, 11) is 0. The summed E-state index contributed by atoms with van der Waals surface area (Å²) >= 11 is 0. The highest BCUT2D eigenvalue weighted by molar-refractivity contribution is 5.95. The Hall–Kier alpha value is -2.20. The molecule has 4 heteroatoms. The number of amides is 1. The zero-order chi connectivity index (χ0) is 15.5. The van der Waals surface area contributed by atoms with Gasteiger partial charge in [-0.05, 0) is 53.8 Å². The lowest BCUT2D eigenvalue weighted by Crippen LogP contribution is -2.44. The highest BCUT2D eigenvalue weighted by atomic mass is 19.1. The molecule has 0 radical (unpaired) electrons. The molecule has 1 amide bonds. The van der Waals surface area contributed by atoms with Crippen LogP contribution in [0, 0.1) is 5.82 Å². The first-order valence-electron chi connectivity index (χ1n) is 7.56. The van der Waals surface area contributed by atoms with E-state index in [1.807, 2.05) is 24.3 Å². The number of fused-ring (bicyclic) bond motifs is 1. The summed E-state index contributed by atoms with van der Waals surface area (Å²) < 4.78 is 13.3. The van der Waals surface area contributed by atoms with Crippen LogP contribution in [0.4, 0.5) is 10.1 Å². The third-order valence-electron chi connectivity index (χ3n) is 4.08. The summed E-state index contributed by atoms with van der Waals surface area (Å²) in [6.07, 6.45) is 1.48. The maximum atomic E-state index is 13.3. The van der Waals surface area contributed by atoms with Gasteiger partial charge in [0.2, 0.25) is 5.91 Å². The monoisotopic (exact) mass is 298 g/mol. The molecule has 2 aromatic carbocycles. The van der Waals surface area contributed by atoms with Crippen molar-refractivity contribution in [1.82, 2.24) is 5.32 Å². The Bertz CT molecular complexity index is 682. The number of carbonyl (C=O) groups is 1. The molecule has 22 heavy (non-hydrogen) atoms. The van der Waals surface area contributed by atoms with Gasteiger partial charge in [0.1, 0.15) is 5.82 Å². The number of rotatable bonds is 3. The van der Waals surface area contributed by atoms with Crippen LogP contribution in [0.2, 0.25) is 0 Å². The second-order valence-corrected chi connectivity index (χ2v) is 5.59. The maximum absolute atomic E-state index is 13.3. The van der Waals surface area contributed by atoms with Gasteiger partial charge in [0.25, 0.3) is 0 Å². The molecular formula is C18H19FN2O. The molecule has 0 spiro atoms. The Morgan fingerprint density at radius 3 is 2.73 bits per heavy atom. The minimum absolute atomic E-state index is 0.0841. The summed E-state index contributed by atoms with van der Waals surface area (Å²) in [4.78, 5) is 12.3. The molecule has 0 bridgehead atoms. The van der Waals surface area contributed by atoms with Crippen LogP contribution < -0.4 is 10.6 Å². The Morgan fingerprint density at radius 1 is 1.23 bits per heavy atom. The Morgan fingerprint density at radius 2 is 2.00 bits per heavy atom. The molecule has 0 aliphatic carbocycles. The zero-order valence-electron chi connectivity index (χ0n) is 12.5. The highest BCUT2D eigenvalue weighted by Crippen LogP contribution is 2.19. The summed E-state index contributed by atoms with van der Waals surface area (Å²) in [5, 5.41) is 6.12. The van der Waals surface area contributed by atoms with E-state index < -0.39 is 0 Å². The fraction of sp³-hybridized carbons (Fsp3) is 0.278. The van der Waals surface area contributed by atoms with Crippen molar-refractivity contribution in [1.29, 1.82) is 0 Å². The van der Waals surface area contributed by atoms with Gasteiger partial charge in [-0.15, -0.1) is 0 Å². The summed E-state index contributed by atoms with van der Waals surface area (Å²) in [5.74, 6) is -0.339. The molecule has 1 atom stereocenters. The molecule has 1 heterocycles. The minimum Gasteiger partial charge on any atom is -0.325 e. The van der Waals surface area contributed by atoms with Crippen LogP contribution in [0.25, 0.3) is 0 Å². The number of carbonyl (C=O) groups excluding carboxylic acids is 1. The van der Waals surface area contributed by atoms with Crippen LogP contribution in [0.15, 0.2) is 42.5 Å². The molecule has 0 aromatic heterocycles. The van der Waals surface area contributed by atoms with Crippen molar-refractivity contribution in [2.45, 2.75) is 32.4 Å². The molecule has 0 saturated carbocycles. The average molecular weight is 298 g/mol. The molecule has 1 aliphatic rings. The van der Waals surface area contributed by atoms with Crippen LogP contribution in [0.1, 0.15) is 23.6 Å². The highest BCUT2D eigenvalue weighted by Gasteiger charge is 2.24. The lowest BCUT2D eigenvalue weighted by Gasteiger charge is -2.25. The number of benzene rings is 2. The quantitative estimate of drug-likeness (QED) is 0.914. The van der Waals surface area contributed by atoms with Gasteiger partial charge in [-0.2, -0.15) is 0 Å². The molecule has 0 saturated heterocycles. The van der Waals surface area contributed by atoms with E-state index in [0.29, 0.717) is 13.0 Å². The number of nitrogens with one attached hydrogen (secondary N) is 2. The van der Waals surface area contributed by atoms with E-state index >= 15 is 0 Å². The van der Waals surface area contributed by atoms with Gasteiger partial charge < -0.3 is 10.6 Å². The lowest BCUT2D eigenvalue weighted by molar-refractivity contribution is -0.118. The summed E-state index contributed by atoms with van der Waals surface area (Å²) in [6, 6.07) is 12.3. The van der Waals surface area contributed by atoms with Crippen molar-refractivity contribution in [2.24, 2.45) is 0 Å². The predicted molar refractivity (Wildman–Crippen MR) is 85.2 cm³/mol. The number of halogens is 1.